The van der Waals surface area contributed by atoms with Crippen molar-refractivity contribution in [1.29, 1.82) is 0 Å². The van der Waals surface area contributed by atoms with Gasteiger partial charge in [-0.3, -0.25) is 10.1 Å². The zero-order valence-electron chi connectivity index (χ0n) is 17.0. The lowest BCUT2D eigenvalue weighted by Crippen LogP contribution is -2.27. The van der Waals surface area contributed by atoms with E-state index >= 15 is 0 Å². The number of anilines is 1. The molecule has 1 aliphatic heterocycles. The van der Waals surface area contributed by atoms with Crippen LogP contribution in [0.1, 0.15) is 12.1 Å². The smallest absolute Gasteiger partial charge is 0.369 e. The Morgan fingerprint density at radius 2 is 1.84 bits per heavy atom. The Hall–Kier alpha value is -3.53. The van der Waals surface area contributed by atoms with Crippen LogP contribution in [0.4, 0.5) is 18.9 Å². The highest BCUT2D eigenvalue weighted by molar-refractivity contribution is 5.84. The zero-order chi connectivity index (χ0) is 22.1. The molecule has 32 heavy (non-hydrogen) atoms. The summed E-state index contributed by atoms with van der Waals surface area (Å²) in [5.74, 6) is 0. The Morgan fingerprint density at radius 1 is 0.938 bits per heavy atom. The van der Waals surface area contributed by atoms with Crippen LogP contribution in [-0.4, -0.2) is 51.3 Å². The van der Waals surface area contributed by atoms with E-state index in [0.29, 0.717) is 22.5 Å². The van der Waals surface area contributed by atoms with Crippen LogP contribution in [0.5, 0.6) is 0 Å². The number of rotatable bonds is 3. The van der Waals surface area contributed by atoms with Gasteiger partial charge in [0.2, 0.25) is 0 Å². The minimum atomic E-state index is -4.53. The Balaban J connectivity index is 1.53. The van der Waals surface area contributed by atoms with Crippen molar-refractivity contribution in [2.24, 2.45) is 0 Å². The molecular weight excluding hydrogens is 419 g/mol. The summed E-state index contributed by atoms with van der Waals surface area (Å²) in [6.45, 7) is 3.73. The van der Waals surface area contributed by atoms with Gasteiger partial charge < -0.3 is 10.2 Å². The molecule has 0 radical (unpaired) electrons. The second-order valence-electron chi connectivity index (χ2n) is 7.57. The Morgan fingerprint density at radius 3 is 2.72 bits per heavy atom. The molecule has 4 aromatic rings. The van der Waals surface area contributed by atoms with Gasteiger partial charge in [-0.15, -0.1) is 0 Å². The van der Waals surface area contributed by atoms with Crippen molar-refractivity contribution in [3.63, 3.8) is 0 Å². The topological polar surface area (TPSA) is 82.6 Å². The van der Waals surface area contributed by atoms with Gasteiger partial charge in [0.15, 0.2) is 0 Å². The highest BCUT2D eigenvalue weighted by atomic mass is 19.4. The monoisotopic (exact) mass is 439 g/mol. The number of hydrogen-bond donors (Lipinski definition) is 2. The maximum atomic E-state index is 13.1. The fourth-order valence-electron chi connectivity index (χ4n) is 3.83. The van der Waals surface area contributed by atoms with E-state index in [4.69, 9.17) is 4.98 Å². The molecule has 0 aromatic carbocycles. The van der Waals surface area contributed by atoms with Gasteiger partial charge >= 0.3 is 6.18 Å². The third kappa shape index (κ3) is 4.01. The van der Waals surface area contributed by atoms with Crippen LogP contribution >= 0.6 is 0 Å². The normalized spacial score (nSPS) is 15.2. The maximum Gasteiger partial charge on any atom is 0.433 e. The van der Waals surface area contributed by atoms with Crippen molar-refractivity contribution < 1.29 is 13.2 Å². The van der Waals surface area contributed by atoms with Crippen molar-refractivity contribution in [3.05, 3.63) is 54.5 Å². The summed E-state index contributed by atoms with van der Waals surface area (Å²) >= 11 is 0. The molecule has 10 heteroatoms. The summed E-state index contributed by atoms with van der Waals surface area (Å²) in [5, 5.41) is 10.3. The van der Waals surface area contributed by atoms with Gasteiger partial charge in [-0.1, -0.05) is 6.07 Å². The molecule has 0 bridgehead atoms. The summed E-state index contributed by atoms with van der Waals surface area (Å²) in [7, 11) is 0. The predicted octanol–water partition coefficient (Wildman–Crippen LogP) is 3.90. The molecule has 1 saturated heterocycles. The molecule has 0 amide bonds. The Kier molecular flexibility index (Phi) is 5.22. The van der Waals surface area contributed by atoms with E-state index in [2.05, 4.69) is 30.4 Å². The van der Waals surface area contributed by atoms with Crippen LogP contribution in [0, 0.1) is 0 Å². The van der Waals surface area contributed by atoms with Crippen molar-refractivity contribution in [3.8, 4) is 22.6 Å². The van der Waals surface area contributed by atoms with Crippen LogP contribution in [0.2, 0.25) is 0 Å². The van der Waals surface area contributed by atoms with Gasteiger partial charge in [-0.2, -0.15) is 18.3 Å². The molecule has 4 aromatic heterocycles. The van der Waals surface area contributed by atoms with Crippen molar-refractivity contribution in [2.75, 3.05) is 31.1 Å². The third-order valence-corrected chi connectivity index (χ3v) is 5.43. The van der Waals surface area contributed by atoms with Gasteiger partial charge in [0, 0.05) is 31.4 Å². The van der Waals surface area contributed by atoms with E-state index in [-0.39, 0.29) is 5.69 Å². The van der Waals surface area contributed by atoms with Crippen LogP contribution in [-0.2, 0) is 6.18 Å². The number of pyridine rings is 3. The van der Waals surface area contributed by atoms with Crippen LogP contribution in [0.3, 0.4) is 0 Å². The summed E-state index contributed by atoms with van der Waals surface area (Å²) in [5.41, 5.74) is 3.08. The fraction of sp³-hybridized carbons (Fsp3) is 0.273. The quantitative estimate of drug-likeness (QED) is 0.504. The molecule has 5 heterocycles. The molecule has 1 aliphatic rings. The fourth-order valence-corrected chi connectivity index (χ4v) is 3.83. The summed E-state index contributed by atoms with van der Waals surface area (Å²) in [4.78, 5) is 15.3. The van der Waals surface area contributed by atoms with Gasteiger partial charge in [-0.25, -0.2) is 9.97 Å². The molecule has 0 spiro atoms. The van der Waals surface area contributed by atoms with Crippen LogP contribution in [0.15, 0.2) is 48.8 Å². The first kappa shape index (κ1) is 20.4. The van der Waals surface area contributed by atoms with E-state index in [0.717, 1.165) is 49.9 Å². The number of hydrogen-bond acceptors (Lipinski definition) is 6. The van der Waals surface area contributed by atoms with Crippen molar-refractivity contribution >= 4 is 16.7 Å². The van der Waals surface area contributed by atoms with E-state index in [1.165, 1.54) is 12.1 Å². The van der Waals surface area contributed by atoms with E-state index in [9.17, 15) is 13.2 Å². The molecule has 164 valence electrons. The molecular formula is C22H20F3N7. The zero-order valence-corrected chi connectivity index (χ0v) is 17.0. The van der Waals surface area contributed by atoms with E-state index < -0.39 is 11.9 Å². The first-order valence-corrected chi connectivity index (χ1v) is 10.3. The van der Waals surface area contributed by atoms with Gasteiger partial charge in [0.25, 0.3) is 0 Å². The second-order valence-corrected chi connectivity index (χ2v) is 7.57. The average Bonchev–Trinajstić information content (AvgIpc) is 3.13. The third-order valence-electron chi connectivity index (χ3n) is 5.43. The number of H-pyrrole nitrogens is 1. The number of nitrogens with zero attached hydrogens (tertiary/aromatic N) is 5. The lowest BCUT2D eigenvalue weighted by atomic mass is 10.1. The van der Waals surface area contributed by atoms with Gasteiger partial charge in [0.1, 0.15) is 11.4 Å². The lowest BCUT2D eigenvalue weighted by Gasteiger charge is -2.22. The van der Waals surface area contributed by atoms with E-state index in [1.807, 2.05) is 18.3 Å². The van der Waals surface area contributed by atoms with Gasteiger partial charge in [0.05, 0.1) is 34.3 Å². The molecule has 7 nitrogen and oxygen atoms in total. The highest BCUT2D eigenvalue weighted by Gasteiger charge is 2.32. The minimum absolute atomic E-state index is 0.127. The first-order chi connectivity index (χ1) is 15.5. The Labute approximate surface area is 181 Å². The van der Waals surface area contributed by atoms with Crippen LogP contribution < -0.4 is 10.2 Å². The molecule has 2 N–H and O–H groups in total. The number of aromatic nitrogens is 5. The molecule has 0 aliphatic carbocycles. The predicted molar refractivity (Wildman–Crippen MR) is 115 cm³/mol. The summed E-state index contributed by atoms with van der Waals surface area (Å²) < 4.78 is 39.3. The second kappa shape index (κ2) is 8.19. The number of fused-ring (bicyclic) bond motifs is 1. The minimum Gasteiger partial charge on any atom is -0.369 e. The SMILES string of the molecule is FC(F)(F)c1cccc(-c2n[nH]cc2-c2ccc3ncc(N4CCCNCC4)cc3n2)n1. The van der Waals surface area contributed by atoms with E-state index in [1.54, 1.807) is 12.3 Å². The highest BCUT2D eigenvalue weighted by Crippen LogP contribution is 2.33. The average molecular weight is 439 g/mol. The summed E-state index contributed by atoms with van der Waals surface area (Å²) in [6.07, 6.45) is -0.0134. The Bertz CT molecular complexity index is 1240. The number of aromatic amines is 1. The van der Waals surface area contributed by atoms with Gasteiger partial charge in [-0.05, 0) is 43.3 Å². The van der Waals surface area contributed by atoms with Crippen LogP contribution in [0.25, 0.3) is 33.7 Å². The molecule has 5 rings (SSSR count). The first-order valence-electron chi connectivity index (χ1n) is 10.3. The maximum absolute atomic E-state index is 13.1. The molecule has 1 fully saturated rings. The number of nitrogens with one attached hydrogen (secondary N) is 2. The van der Waals surface area contributed by atoms with Crippen molar-refractivity contribution in [2.45, 2.75) is 12.6 Å². The van der Waals surface area contributed by atoms with Crippen molar-refractivity contribution in [1.82, 2.24) is 30.5 Å². The molecule has 0 atom stereocenters. The molecule has 0 unspecified atom stereocenters. The molecule has 0 saturated carbocycles. The largest absolute Gasteiger partial charge is 0.433 e. The lowest BCUT2D eigenvalue weighted by molar-refractivity contribution is -0.141. The number of alkyl halides is 3. The number of halogens is 3. The standard InChI is InChI=1S/C22H20F3N7/c23-22(24,25)20-4-1-3-18(30-20)21-15(13-28-31-21)16-5-6-17-19(29-16)11-14(12-27-17)32-9-2-7-26-8-10-32/h1,3-6,11-13,26H,2,7-10H2,(H,28,31). The summed E-state index contributed by atoms with van der Waals surface area (Å²) in [6, 6.07) is 9.40.